The van der Waals surface area contributed by atoms with Crippen LogP contribution in [0.3, 0.4) is 0 Å². The van der Waals surface area contributed by atoms with E-state index in [1.54, 1.807) is 41.3 Å². The van der Waals surface area contributed by atoms with Gasteiger partial charge in [0.25, 0.3) is 5.91 Å². The topological polar surface area (TPSA) is 58.6 Å². The highest BCUT2D eigenvalue weighted by Crippen LogP contribution is 2.28. The lowest BCUT2D eigenvalue weighted by Gasteiger charge is -2.33. The molecule has 5 nitrogen and oxygen atoms in total. The minimum Gasteiger partial charge on any atom is -0.482 e. The van der Waals surface area contributed by atoms with Crippen molar-refractivity contribution in [2.75, 3.05) is 6.61 Å². The van der Waals surface area contributed by atoms with Crippen molar-refractivity contribution in [3.8, 4) is 5.75 Å². The third-order valence-corrected chi connectivity index (χ3v) is 8.33. The summed E-state index contributed by atoms with van der Waals surface area (Å²) in [5.74, 6) is -0.144. The van der Waals surface area contributed by atoms with Gasteiger partial charge in [-0.2, -0.15) is 0 Å². The fraction of sp³-hybridized carbons (Fsp3) is 0.333. The average molecular weight is 653 g/mol. The Bertz CT molecular complexity index is 1290. The first-order valence-corrected chi connectivity index (χ1v) is 14.9. The van der Waals surface area contributed by atoms with Crippen molar-refractivity contribution >= 4 is 62.5 Å². The van der Waals surface area contributed by atoms with Crippen LogP contribution in [0.25, 0.3) is 0 Å². The molecule has 9 heteroatoms. The van der Waals surface area contributed by atoms with E-state index in [0.717, 1.165) is 41.3 Å². The van der Waals surface area contributed by atoms with Crippen molar-refractivity contribution in [2.45, 2.75) is 57.2 Å². The van der Waals surface area contributed by atoms with Gasteiger partial charge in [-0.15, -0.1) is 0 Å². The normalized spacial score (nSPS) is 14.5. The zero-order valence-corrected chi connectivity index (χ0v) is 25.2. The van der Waals surface area contributed by atoms with Crippen molar-refractivity contribution in [3.05, 3.63) is 97.4 Å². The second-order valence-electron chi connectivity index (χ2n) is 9.68. The third kappa shape index (κ3) is 8.62. The van der Waals surface area contributed by atoms with E-state index >= 15 is 0 Å². The molecule has 1 aliphatic rings. The van der Waals surface area contributed by atoms with Gasteiger partial charge < -0.3 is 15.0 Å². The standard InChI is InChI=1S/C30H30BrCl3N2O3/c31-22-12-14-28(26(34)17-22)39-19-29(37)36(18-21-11-13-24(32)25(33)15-21)27(16-20-7-3-1-4-8-20)30(38)35-23-9-5-2-6-10-23/h1,3-4,7-8,11-15,17,23,27H,2,5-6,9-10,16,18-19H2,(H,35,38)/t27-/m0/s1. The molecule has 0 spiro atoms. The number of carbonyl (C=O) groups is 2. The Morgan fingerprint density at radius 3 is 2.33 bits per heavy atom. The number of nitrogens with one attached hydrogen (secondary N) is 1. The Balaban J connectivity index is 1.63. The summed E-state index contributed by atoms with van der Waals surface area (Å²) in [6.45, 7) is -0.132. The number of benzene rings is 3. The fourth-order valence-corrected chi connectivity index (χ4v) is 5.80. The lowest BCUT2D eigenvalue weighted by Crippen LogP contribution is -2.53. The summed E-state index contributed by atoms with van der Waals surface area (Å²) in [5.41, 5.74) is 1.70. The van der Waals surface area contributed by atoms with E-state index in [9.17, 15) is 9.59 Å². The molecule has 0 unspecified atom stereocenters. The maximum Gasteiger partial charge on any atom is 0.261 e. The minimum atomic E-state index is -0.764. The highest BCUT2D eigenvalue weighted by Gasteiger charge is 2.32. The Kier molecular flexibility index (Phi) is 11.0. The molecule has 0 aliphatic heterocycles. The molecule has 1 fully saturated rings. The smallest absolute Gasteiger partial charge is 0.261 e. The van der Waals surface area contributed by atoms with Crippen LogP contribution in [-0.2, 0) is 22.6 Å². The van der Waals surface area contributed by atoms with Crippen LogP contribution in [0.5, 0.6) is 5.75 Å². The first-order chi connectivity index (χ1) is 18.8. The van der Waals surface area contributed by atoms with Crippen molar-refractivity contribution in [3.63, 3.8) is 0 Å². The molecule has 39 heavy (non-hydrogen) atoms. The number of hydrogen-bond donors (Lipinski definition) is 1. The van der Waals surface area contributed by atoms with E-state index in [1.165, 1.54) is 6.42 Å². The molecule has 0 bridgehead atoms. The summed E-state index contributed by atoms with van der Waals surface area (Å²) >= 11 is 22.1. The van der Waals surface area contributed by atoms with Crippen molar-refractivity contribution in [1.82, 2.24) is 10.2 Å². The predicted octanol–water partition coefficient (Wildman–Crippen LogP) is 7.88. The molecule has 0 saturated heterocycles. The first-order valence-electron chi connectivity index (χ1n) is 13.0. The van der Waals surface area contributed by atoms with Crippen LogP contribution in [0.2, 0.25) is 15.1 Å². The highest BCUT2D eigenvalue weighted by atomic mass is 79.9. The van der Waals surface area contributed by atoms with Gasteiger partial charge in [0, 0.05) is 23.5 Å². The second-order valence-corrected chi connectivity index (χ2v) is 11.8. The predicted molar refractivity (Wildman–Crippen MR) is 161 cm³/mol. The van der Waals surface area contributed by atoms with Crippen LogP contribution in [0.1, 0.15) is 43.2 Å². The van der Waals surface area contributed by atoms with Crippen LogP contribution in [0.15, 0.2) is 71.2 Å². The largest absolute Gasteiger partial charge is 0.482 e. The molecular formula is C30H30BrCl3N2O3. The summed E-state index contributed by atoms with van der Waals surface area (Å²) < 4.78 is 6.62. The monoisotopic (exact) mass is 650 g/mol. The van der Waals surface area contributed by atoms with Gasteiger partial charge >= 0.3 is 0 Å². The number of nitrogens with zero attached hydrogens (tertiary/aromatic N) is 1. The van der Waals surface area contributed by atoms with Gasteiger partial charge in [-0.1, -0.05) is 106 Å². The lowest BCUT2D eigenvalue weighted by atomic mass is 9.94. The molecule has 3 aromatic carbocycles. The Hall–Kier alpha value is -2.25. The van der Waals surface area contributed by atoms with Crippen LogP contribution in [0.4, 0.5) is 0 Å². The number of hydrogen-bond acceptors (Lipinski definition) is 3. The number of amides is 2. The summed E-state index contributed by atoms with van der Waals surface area (Å²) in [7, 11) is 0. The van der Waals surface area contributed by atoms with E-state index in [4.69, 9.17) is 39.5 Å². The first kappa shape index (κ1) is 29.7. The van der Waals surface area contributed by atoms with Gasteiger partial charge in [0.1, 0.15) is 11.8 Å². The van der Waals surface area contributed by atoms with Crippen LogP contribution >= 0.6 is 50.7 Å². The molecule has 1 atom stereocenters. The van der Waals surface area contributed by atoms with E-state index < -0.39 is 6.04 Å². The highest BCUT2D eigenvalue weighted by molar-refractivity contribution is 9.10. The van der Waals surface area contributed by atoms with Gasteiger partial charge in [-0.05, 0) is 54.3 Å². The maximum atomic E-state index is 13.8. The maximum absolute atomic E-state index is 13.8. The molecule has 2 amide bonds. The van der Waals surface area contributed by atoms with Gasteiger partial charge in [0.2, 0.25) is 5.91 Å². The molecule has 0 radical (unpaired) electrons. The lowest BCUT2D eigenvalue weighted by molar-refractivity contribution is -0.143. The zero-order valence-electron chi connectivity index (χ0n) is 21.3. The summed E-state index contributed by atoms with van der Waals surface area (Å²) in [6.07, 6.45) is 5.58. The molecular weight excluding hydrogens is 623 g/mol. The number of ether oxygens (including phenoxy) is 1. The van der Waals surface area contributed by atoms with Gasteiger partial charge in [0.15, 0.2) is 6.61 Å². The molecule has 4 rings (SSSR count). The molecule has 1 N–H and O–H groups in total. The molecule has 0 heterocycles. The number of halogens is 4. The number of carbonyl (C=O) groups excluding carboxylic acids is 2. The summed E-state index contributed by atoms with van der Waals surface area (Å²) in [4.78, 5) is 29.2. The zero-order chi connectivity index (χ0) is 27.8. The molecule has 206 valence electrons. The Morgan fingerprint density at radius 2 is 1.64 bits per heavy atom. The van der Waals surface area contributed by atoms with E-state index in [-0.39, 0.29) is 31.0 Å². The van der Waals surface area contributed by atoms with E-state index in [2.05, 4.69) is 21.2 Å². The average Bonchev–Trinajstić information content (AvgIpc) is 2.93. The van der Waals surface area contributed by atoms with Crippen LogP contribution in [0, 0.1) is 0 Å². The van der Waals surface area contributed by atoms with Crippen molar-refractivity contribution in [2.24, 2.45) is 0 Å². The van der Waals surface area contributed by atoms with E-state index in [0.29, 0.717) is 27.2 Å². The molecule has 3 aromatic rings. The van der Waals surface area contributed by atoms with Gasteiger partial charge in [-0.25, -0.2) is 0 Å². The van der Waals surface area contributed by atoms with Gasteiger partial charge in [-0.3, -0.25) is 9.59 Å². The Labute approximate surface area is 252 Å². The SMILES string of the molecule is O=C(NC1CCCCC1)[C@H](Cc1ccccc1)N(Cc1ccc(Cl)c(Cl)c1)C(=O)COc1ccc(Br)cc1Cl. The number of rotatable bonds is 10. The van der Waals surface area contributed by atoms with Crippen molar-refractivity contribution in [1.29, 1.82) is 0 Å². The van der Waals surface area contributed by atoms with Crippen LogP contribution in [-0.4, -0.2) is 35.4 Å². The molecule has 1 aliphatic carbocycles. The van der Waals surface area contributed by atoms with Crippen LogP contribution < -0.4 is 10.1 Å². The van der Waals surface area contributed by atoms with Crippen molar-refractivity contribution < 1.29 is 14.3 Å². The van der Waals surface area contributed by atoms with Gasteiger partial charge in [0.05, 0.1) is 15.1 Å². The second kappa shape index (κ2) is 14.4. The minimum absolute atomic E-state index is 0.101. The van der Waals surface area contributed by atoms with E-state index in [1.807, 2.05) is 30.3 Å². The summed E-state index contributed by atoms with van der Waals surface area (Å²) in [6, 6.07) is 19.4. The third-order valence-electron chi connectivity index (χ3n) is 6.80. The molecule has 0 aromatic heterocycles. The quantitative estimate of drug-likeness (QED) is 0.243. The Morgan fingerprint density at radius 1 is 0.897 bits per heavy atom. The fourth-order valence-electron chi connectivity index (χ4n) is 4.75. The molecule has 1 saturated carbocycles. The summed E-state index contributed by atoms with van der Waals surface area (Å²) in [5, 5.41) is 4.40.